The van der Waals surface area contributed by atoms with Crippen molar-refractivity contribution in [3.8, 4) is 11.5 Å². The Morgan fingerprint density at radius 1 is 1.04 bits per heavy atom. The molecular formula is C16H24O9. The Kier molecular flexibility index (Phi) is 8.07. The second-order valence-electron chi connectivity index (χ2n) is 5.42. The molecule has 0 radical (unpaired) electrons. The lowest BCUT2D eigenvalue weighted by atomic mass is 10.0. The summed E-state index contributed by atoms with van der Waals surface area (Å²) in [5, 5.41) is 47.0. The molecule has 0 saturated heterocycles. The zero-order valence-corrected chi connectivity index (χ0v) is 14.2. The molecule has 0 bridgehead atoms. The van der Waals surface area contributed by atoms with Crippen molar-refractivity contribution in [2.45, 2.75) is 31.3 Å². The number of carbonyl (C=O) groups excluding carboxylic acids is 1. The highest BCUT2D eigenvalue weighted by molar-refractivity contribution is 5.94. The van der Waals surface area contributed by atoms with Crippen LogP contribution in [0.15, 0.2) is 12.1 Å². The third-order valence-corrected chi connectivity index (χ3v) is 3.64. The molecule has 9 nitrogen and oxygen atoms in total. The predicted octanol–water partition coefficient (Wildman–Crippen LogP) is -1.40. The highest BCUT2D eigenvalue weighted by atomic mass is 16.5. The lowest BCUT2D eigenvalue weighted by Crippen LogP contribution is -2.47. The molecule has 0 saturated carbocycles. The molecule has 0 heterocycles. The van der Waals surface area contributed by atoms with Crippen LogP contribution in [0.2, 0.25) is 0 Å². The van der Waals surface area contributed by atoms with Gasteiger partial charge in [-0.25, -0.2) is 4.79 Å². The molecule has 0 spiro atoms. The summed E-state index contributed by atoms with van der Waals surface area (Å²) in [5.41, 5.74) is 0.646. The summed E-state index contributed by atoms with van der Waals surface area (Å²) in [7, 11) is 2.84. The monoisotopic (exact) mass is 360 g/mol. The van der Waals surface area contributed by atoms with E-state index in [4.69, 9.17) is 19.3 Å². The number of ether oxygens (including phenoxy) is 3. The first-order chi connectivity index (χ1) is 11.8. The van der Waals surface area contributed by atoms with Gasteiger partial charge in [0.2, 0.25) is 0 Å². The van der Waals surface area contributed by atoms with E-state index in [2.05, 4.69) is 0 Å². The molecule has 25 heavy (non-hydrogen) atoms. The van der Waals surface area contributed by atoms with Gasteiger partial charge in [0.15, 0.2) is 0 Å². The van der Waals surface area contributed by atoms with Gasteiger partial charge in [0.1, 0.15) is 48.1 Å². The number of rotatable bonds is 9. The molecule has 9 heteroatoms. The van der Waals surface area contributed by atoms with Gasteiger partial charge in [-0.1, -0.05) is 0 Å². The highest BCUT2D eigenvalue weighted by Gasteiger charge is 2.31. The average molecular weight is 360 g/mol. The number of hydrogen-bond donors (Lipinski definition) is 5. The van der Waals surface area contributed by atoms with Crippen molar-refractivity contribution in [1.82, 2.24) is 0 Å². The third kappa shape index (κ3) is 5.28. The summed E-state index contributed by atoms with van der Waals surface area (Å²) in [6.45, 7) is 0.213. The van der Waals surface area contributed by atoms with Crippen molar-refractivity contribution in [2.24, 2.45) is 0 Å². The molecule has 0 amide bonds. The first-order valence-corrected chi connectivity index (χ1v) is 7.49. The Bertz CT molecular complexity index is 575. The highest BCUT2D eigenvalue weighted by Crippen LogP contribution is 2.29. The van der Waals surface area contributed by atoms with Crippen LogP contribution in [-0.2, 0) is 4.74 Å². The maximum Gasteiger partial charge on any atom is 0.342 e. The summed E-state index contributed by atoms with van der Waals surface area (Å²) >= 11 is 0. The molecule has 5 N–H and O–H groups in total. The molecule has 1 aromatic rings. The minimum atomic E-state index is -1.81. The summed E-state index contributed by atoms with van der Waals surface area (Å²) in [6, 6.07) is 3.10. The van der Waals surface area contributed by atoms with Gasteiger partial charge < -0.3 is 39.7 Å². The first kappa shape index (κ1) is 21.1. The molecule has 0 fully saturated rings. The van der Waals surface area contributed by atoms with Crippen molar-refractivity contribution in [2.75, 3.05) is 27.4 Å². The van der Waals surface area contributed by atoms with E-state index in [1.165, 1.54) is 20.3 Å². The van der Waals surface area contributed by atoms with Crippen LogP contribution < -0.4 is 9.47 Å². The second kappa shape index (κ2) is 9.54. The van der Waals surface area contributed by atoms with Gasteiger partial charge in [-0.05, 0) is 18.6 Å². The van der Waals surface area contributed by atoms with Crippen molar-refractivity contribution in [3.05, 3.63) is 23.3 Å². The topological polar surface area (TPSA) is 146 Å². The lowest BCUT2D eigenvalue weighted by molar-refractivity contribution is -0.124. The van der Waals surface area contributed by atoms with E-state index in [1.54, 1.807) is 13.0 Å². The van der Waals surface area contributed by atoms with Crippen molar-refractivity contribution >= 4 is 5.97 Å². The van der Waals surface area contributed by atoms with Gasteiger partial charge in [-0.3, -0.25) is 0 Å². The van der Waals surface area contributed by atoms with Gasteiger partial charge in [-0.2, -0.15) is 0 Å². The van der Waals surface area contributed by atoms with Crippen LogP contribution in [0.4, 0.5) is 0 Å². The number of hydrogen-bond acceptors (Lipinski definition) is 9. The predicted molar refractivity (Wildman–Crippen MR) is 85.7 cm³/mol. The molecule has 0 aliphatic heterocycles. The number of esters is 1. The zero-order chi connectivity index (χ0) is 19.1. The van der Waals surface area contributed by atoms with Crippen molar-refractivity contribution < 1.29 is 44.5 Å². The van der Waals surface area contributed by atoms with E-state index in [-0.39, 0.29) is 11.3 Å². The van der Waals surface area contributed by atoms with Crippen LogP contribution in [-0.4, -0.2) is 83.4 Å². The summed E-state index contributed by atoms with van der Waals surface area (Å²) < 4.78 is 15.2. The Balaban J connectivity index is 2.80. The second-order valence-corrected chi connectivity index (χ2v) is 5.42. The molecule has 0 unspecified atom stereocenters. The summed E-state index contributed by atoms with van der Waals surface area (Å²) in [6.07, 6.45) is -6.90. The third-order valence-electron chi connectivity index (χ3n) is 3.64. The fourth-order valence-corrected chi connectivity index (χ4v) is 2.16. The van der Waals surface area contributed by atoms with Gasteiger partial charge in [0.05, 0.1) is 20.8 Å². The fourth-order valence-electron chi connectivity index (χ4n) is 2.16. The van der Waals surface area contributed by atoms with E-state index in [0.29, 0.717) is 11.3 Å². The van der Waals surface area contributed by atoms with Crippen LogP contribution in [0.3, 0.4) is 0 Å². The number of methoxy groups -OCH3 is 2. The van der Waals surface area contributed by atoms with E-state index in [0.717, 1.165) is 0 Å². The summed E-state index contributed by atoms with van der Waals surface area (Å²) in [5.74, 6) is -0.101. The smallest absolute Gasteiger partial charge is 0.342 e. The summed E-state index contributed by atoms with van der Waals surface area (Å²) in [4.78, 5) is 12.2. The van der Waals surface area contributed by atoms with Crippen molar-refractivity contribution in [3.63, 3.8) is 0 Å². The van der Waals surface area contributed by atoms with Crippen LogP contribution >= 0.6 is 0 Å². The van der Waals surface area contributed by atoms with Crippen LogP contribution in [0, 0.1) is 6.92 Å². The molecule has 0 aromatic heterocycles. The molecule has 0 aliphatic rings. The fraction of sp³-hybridized carbons (Fsp3) is 0.562. The Morgan fingerprint density at radius 2 is 1.64 bits per heavy atom. The SMILES string of the molecule is COc1cc(C)c(C(=O)OC[C@H](O)[C@H](O)[C@@H](O)[C@@H](O)CO)c(OC)c1. The van der Waals surface area contributed by atoms with Crippen LogP contribution in [0.5, 0.6) is 11.5 Å². The molecule has 1 rings (SSSR count). The Hall–Kier alpha value is -1.91. The molecular weight excluding hydrogens is 336 g/mol. The van der Waals surface area contributed by atoms with Gasteiger partial charge in [0, 0.05) is 6.07 Å². The van der Waals surface area contributed by atoms with Gasteiger partial charge in [-0.15, -0.1) is 0 Å². The minimum absolute atomic E-state index is 0.126. The van der Waals surface area contributed by atoms with E-state index >= 15 is 0 Å². The number of benzene rings is 1. The largest absolute Gasteiger partial charge is 0.497 e. The lowest BCUT2D eigenvalue weighted by Gasteiger charge is -2.25. The molecule has 4 atom stereocenters. The zero-order valence-electron chi connectivity index (χ0n) is 14.2. The van der Waals surface area contributed by atoms with Crippen molar-refractivity contribution in [1.29, 1.82) is 0 Å². The van der Waals surface area contributed by atoms with E-state index < -0.39 is 43.6 Å². The number of aryl methyl sites for hydroxylation is 1. The number of aliphatic hydroxyl groups excluding tert-OH is 5. The first-order valence-electron chi connectivity index (χ1n) is 7.49. The normalized spacial score (nSPS) is 15.8. The standard InChI is InChI=1S/C16H24O9/c1-8-4-9(23-2)5-12(24-3)13(8)16(22)25-7-11(19)15(21)14(20)10(18)6-17/h4-5,10-11,14-15,17-21H,6-7H2,1-3H3/t10-,11-,14-,15-/m0/s1. The van der Waals surface area contributed by atoms with E-state index in [1.807, 2.05) is 0 Å². The van der Waals surface area contributed by atoms with Crippen LogP contribution in [0.1, 0.15) is 15.9 Å². The number of carbonyl (C=O) groups is 1. The number of aliphatic hydroxyl groups is 5. The van der Waals surface area contributed by atoms with Crippen LogP contribution in [0.25, 0.3) is 0 Å². The Morgan fingerprint density at radius 3 is 2.16 bits per heavy atom. The van der Waals surface area contributed by atoms with Gasteiger partial charge in [0.25, 0.3) is 0 Å². The molecule has 0 aliphatic carbocycles. The molecule has 142 valence electrons. The van der Waals surface area contributed by atoms with Gasteiger partial charge >= 0.3 is 5.97 Å². The maximum absolute atomic E-state index is 12.2. The maximum atomic E-state index is 12.2. The average Bonchev–Trinajstić information content (AvgIpc) is 2.62. The Labute approximate surface area is 145 Å². The van der Waals surface area contributed by atoms with E-state index in [9.17, 15) is 25.2 Å². The minimum Gasteiger partial charge on any atom is -0.497 e. The molecule has 1 aromatic carbocycles. The quantitative estimate of drug-likeness (QED) is 0.336.